The van der Waals surface area contributed by atoms with Crippen LogP contribution in [0, 0.1) is 0 Å². The van der Waals surface area contributed by atoms with E-state index in [2.05, 4.69) is 10.1 Å². The summed E-state index contributed by atoms with van der Waals surface area (Å²) in [5, 5.41) is 2.48. The van der Waals surface area contributed by atoms with E-state index in [4.69, 9.17) is 4.74 Å². The highest BCUT2D eigenvalue weighted by Gasteiger charge is 2.31. The van der Waals surface area contributed by atoms with Crippen LogP contribution in [0.3, 0.4) is 0 Å². The summed E-state index contributed by atoms with van der Waals surface area (Å²) in [6.45, 7) is 0.213. The van der Waals surface area contributed by atoms with E-state index in [1.165, 1.54) is 18.2 Å². The molecule has 0 aliphatic rings. The smallest absolute Gasteiger partial charge is 0.445 e. The number of carbonyl (C=O) groups is 2. The number of ether oxygens (including phenoxy) is 2. The number of amides is 1. The molecule has 0 saturated heterocycles. The van der Waals surface area contributed by atoms with Crippen LogP contribution < -0.4 is 10.1 Å². The molecule has 0 aromatic heterocycles. The summed E-state index contributed by atoms with van der Waals surface area (Å²) in [6, 6.07) is 12.6. The molecular weight excluding hydrogens is 363 g/mol. The van der Waals surface area contributed by atoms with E-state index in [9.17, 15) is 22.8 Å². The minimum absolute atomic E-state index is 0.0339. The van der Waals surface area contributed by atoms with Crippen molar-refractivity contribution < 1.29 is 32.2 Å². The van der Waals surface area contributed by atoms with Crippen LogP contribution in [0.5, 0.6) is 5.75 Å². The highest BCUT2D eigenvalue weighted by Crippen LogP contribution is 2.25. The van der Waals surface area contributed by atoms with E-state index < -0.39 is 18.2 Å². The Balaban J connectivity index is 1.86. The maximum atomic E-state index is 12.3. The lowest BCUT2D eigenvalue weighted by Gasteiger charge is -2.10. The molecule has 0 unspecified atom stereocenters. The van der Waals surface area contributed by atoms with Crippen LogP contribution in [0.15, 0.2) is 54.6 Å². The topological polar surface area (TPSA) is 64.6 Å². The lowest BCUT2D eigenvalue weighted by atomic mass is 10.1. The predicted molar refractivity (Wildman–Crippen MR) is 92.2 cm³/mol. The molecule has 1 amide bonds. The number of hydrogen-bond donors (Lipinski definition) is 1. The minimum Gasteiger partial charge on any atom is -0.445 e. The number of rotatable bonds is 7. The van der Waals surface area contributed by atoms with Gasteiger partial charge in [0, 0.05) is 12.1 Å². The first kappa shape index (κ1) is 20.0. The Morgan fingerprint density at radius 2 is 1.78 bits per heavy atom. The molecule has 0 radical (unpaired) electrons. The van der Waals surface area contributed by atoms with Gasteiger partial charge in [-0.25, -0.2) is 4.79 Å². The molecule has 8 heteroatoms. The van der Waals surface area contributed by atoms with Gasteiger partial charge in [-0.1, -0.05) is 42.5 Å². The summed E-state index contributed by atoms with van der Waals surface area (Å²) in [6.07, 6.45) is -2.11. The van der Waals surface area contributed by atoms with Gasteiger partial charge < -0.3 is 14.8 Å². The van der Waals surface area contributed by atoms with Crippen molar-refractivity contribution in [2.24, 2.45) is 0 Å². The number of alkyl carbamates (subject to hydrolysis) is 1. The van der Waals surface area contributed by atoms with Crippen molar-refractivity contribution in [1.29, 1.82) is 0 Å². The van der Waals surface area contributed by atoms with Gasteiger partial charge in [-0.3, -0.25) is 4.79 Å². The zero-order valence-electron chi connectivity index (χ0n) is 14.0. The fourth-order valence-corrected chi connectivity index (χ4v) is 2.11. The average molecular weight is 379 g/mol. The number of nitrogens with one attached hydrogen (secondary N) is 1. The van der Waals surface area contributed by atoms with Crippen molar-refractivity contribution in [3.05, 3.63) is 71.3 Å². The third-order valence-corrected chi connectivity index (χ3v) is 3.21. The summed E-state index contributed by atoms with van der Waals surface area (Å²) >= 11 is 0. The van der Waals surface area contributed by atoms with Crippen LogP contribution >= 0.6 is 0 Å². The molecule has 0 aliphatic heterocycles. The molecule has 0 saturated carbocycles. The minimum atomic E-state index is -4.85. The molecule has 0 fully saturated rings. The SMILES string of the molecule is O=Cc1cc(C=CCNC(=O)OCc2ccccc2)cc(OC(F)(F)F)c1. The van der Waals surface area contributed by atoms with Gasteiger partial charge in [0.2, 0.25) is 0 Å². The highest BCUT2D eigenvalue weighted by atomic mass is 19.4. The van der Waals surface area contributed by atoms with Crippen LogP contribution in [0.25, 0.3) is 6.08 Å². The van der Waals surface area contributed by atoms with Crippen molar-refractivity contribution in [2.45, 2.75) is 13.0 Å². The first-order valence-electron chi connectivity index (χ1n) is 7.83. The summed E-state index contributed by atoms with van der Waals surface area (Å²) in [5.41, 5.74) is 1.19. The van der Waals surface area contributed by atoms with E-state index >= 15 is 0 Å². The van der Waals surface area contributed by atoms with Crippen molar-refractivity contribution in [2.75, 3.05) is 6.54 Å². The maximum absolute atomic E-state index is 12.3. The Bertz CT molecular complexity index is 804. The summed E-state index contributed by atoms with van der Waals surface area (Å²) in [4.78, 5) is 22.4. The van der Waals surface area contributed by atoms with E-state index in [-0.39, 0.29) is 18.7 Å². The van der Waals surface area contributed by atoms with Crippen LogP contribution in [0.1, 0.15) is 21.5 Å². The Morgan fingerprint density at radius 1 is 1.07 bits per heavy atom. The van der Waals surface area contributed by atoms with Gasteiger partial charge in [-0.15, -0.1) is 13.2 Å². The summed E-state index contributed by atoms with van der Waals surface area (Å²) < 4.78 is 45.8. The van der Waals surface area contributed by atoms with Gasteiger partial charge in [0.1, 0.15) is 18.6 Å². The number of alkyl halides is 3. The number of aldehydes is 1. The quantitative estimate of drug-likeness (QED) is 0.727. The maximum Gasteiger partial charge on any atom is 0.573 e. The van der Waals surface area contributed by atoms with Gasteiger partial charge in [0.25, 0.3) is 0 Å². The Morgan fingerprint density at radius 3 is 2.44 bits per heavy atom. The molecule has 0 bridgehead atoms. The lowest BCUT2D eigenvalue weighted by Crippen LogP contribution is -2.24. The molecule has 2 aromatic carbocycles. The molecule has 1 N–H and O–H groups in total. The van der Waals surface area contributed by atoms with Gasteiger partial charge in [-0.2, -0.15) is 0 Å². The van der Waals surface area contributed by atoms with Crippen LogP contribution in [-0.2, 0) is 11.3 Å². The van der Waals surface area contributed by atoms with Crippen LogP contribution in [-0.4, -0.2) is 25.3 Å². The second kappa shape index (κ2) is 9.42. The Hall–Kier alpha value is -3.29. The van der Waals surface area contributed by atoms with Crippen LogP contribution in [0.2, 0.25) is 0 Å². The fourth-order valence-electron chi connectivity index (χ4n) is 2.11. The lowest BCUT2D eigenvalue weighted by molar-refractivity contribution is -0.274. The number of halogens is 3. The van der Waals surface area contributed by atoms with Crippen molar-refractivity contribution in [3.63, 3.8) is 0 Å². The average Bonchev–Trinajstić information content (AvgIpc) is 2.63. The fraction of sp³-hybridized carbons (Fsp3) is 0.158. The van der Waals surface area contributed by atoms with E-state index in [1.54, 1.807) is 0 Å². The molecule has 0 spiro atoms. The Kier molecular flexibility index (Phi) is 6.99. The molecule has 142 valence electrons. The summed E-state index contributed by atoms with van der Waals surface area (Å²) in [5.74, 6) is -0.498. The van der Waals surface area contributed by atoms with Crippen LogP contribution in [0.4, 0.5) is 18.0 Å². The molecule has 0 heterocycles. The number of carbonyl (C=O) groups excluding carboxylic acids is 2. The molecule has 27 heavy (non-hydrogen) atoms. The molecule has 5 nitrogen and oxygen atoms in total. The van der Waals surface area contributed by atoms with Gasteiger partial charge in [-0.05, 0) is 29.3 Å². The highest BCUT2D eigenvalue weighted by molar-refractivity contribution is 5.77. The second-order valence-corrected chi connectivity index (χ2v) is 5.35. The van der Waals surface area contributed by atoms with Gasteiger partial charge in [0.05, 0.1) is 0 Å². The standard InChI is InChI=1S/C19H16F3NO4/c20-19(21,22)27-17-10-15(9-16(11-17)12-24)7-4-8-23-18(25)26-13-14-5-2-1-3-6-14/h1-7,9-12H,8,13H2,(H,23,25). The first-order chi connectivity index (χ1) is 12.9. The second-order valence-electron chi connectivity index (χ2n) is 5.35. The molecule has 2 aromatic rings. The van der Waals surface area contributed by atoms with Crippen molar-refractivity contribution in [3.8, 4) is 5.75 Å². The monoisotopic (exact) mass is 379 g/mol. The van der Waals surface area contributed by atoms with Gasteiger partial charge in [0.15, 0.2) is 0 Å². The van der Waals surface area contributed by atoms with E-state index in [1.807, 2.05) is 30.3 Å². The molecule has 2 rings (SSSR count). The zero-order valence-corrected chi connectivity index (χ0v) is 14.0. The molecule has 0 aliphatic carbocycles. The van der Waals surface area contributed by atoms with Crippen molar-refractivity contribution >= 4 is 18.5 Å². The van der Waals surface area contributed by atoms with E-state index in [0.29, 0.717) is 11.8 Å². The Labute approximate surface area is 153 Å². The van der Waals surface area contributed by atoms with Crippen molar-refractivity contribution in [1.82, 2.24) is 5.32 Å². The zero-order chi connectivity index (χ0) is 19.7. The number of hydrogen-bond acceptors (Lipinski definition) is 4. The van der Waals surface area contributed by atoms with Gasteiger partial charge >= 0.3 is 12.5 Å². The predicted octanol–water partition coefficient (Wildman–Crippen LogP) is 4.34. The first-order valence-corrected chi connectivity index (χ1v) is 7.83. The normalized spacial score (nSPS) is 11.2. The van der Waals surface area contributed by atoms with E-state index in [0.717, 1.165) is 17.7 Å². The number of benzene rings is 2. The third-order valence-electron chi connectivity index (χ3n) is 3.21. The third kappa shape index (κ3) is 7.64. The summed E-state index contributed by atoms with van der Waals surface area (Å²) in [7, 11) is 0. The molecule has 0 atom stereocenters. The largest absolute Gasteiger partial charge is 0.573 e. The molecular formula is C19H16F3NO4.